The van der Waals surface area contributed by atoms with Gasteiger partial charge in [-0.2, -0.15) is 0 Å². The van der Waals surface area contributed by atoms with E-state index in [1.165, 1.54) is 16.8 Å². The van der Waals surface area contributed by atoms with Crippen molar-refractivity contribution in [3.8, 4) is 0 Å². The monoisotopic (exact) mass is 201 g/mol. The van der Waals surface area contributed by atoms with Crippen LogP contribution in [0.1, 0.15) is 31.9 Å². The van der Waals surface area contributed by atoms with E-state index in [4.69, 9.17) is 0 Å². The first-order valence-corrected chi connectivity index (χ1v) is 5.63. The summed E-state index contributed by atoms with van der Waals surface area (Å²) in [6, 6.07) is 6.51. The fraction of sp³-hybridized carbons (Fsp3) is 0.429. The average molecular weight is 201 g/mol. The first kappa shape index (κ1) is 10.3. The second-order valence-electron chi connectivity index (χ2n) is 4.74. The van der Waals surface area contributed by atoms with Crippen molar-refractivity contribution in [3.05, 3.63) is 35.4 Å². The number of nitrogens with zero attached hydrogens (tertiary/aromatic N) is 1. The maximum absolute atomic E-state index is 2.47. The SMILES string of the molecule is CCN1c2c(C)cccc2C=CC1(C)C. The van der Waals surface area contributed by atoms with E-state index in [-0.39, 0.29) is 5.54 Å². The van der Waals surface area contributed by atoms with Gasteiger partial charge >= 0.3 is 0 Å². The molecule has 1 aromatic carbocycles. The van der Waals surface area contributed by atoms with Crippen molar-refractivity contribution >= 4 is 11.8 Å². The fourth-order valence-corrected chi connectivity index (χ4v) is 2.42. The Kier molecular flexibility index (Phi) is 2.34. The van der Waals surface area contributed by atoms with Crippen molar-refractivity contribution < 1.29 is 0 Å². The summed E-state index contributed by atoms with van der Waals surface area (Å²) < 4.78 is 0. The van der Waals surface area contributed by atoms with Crippen LogP contribution in [0.3, 0.4) is 0 Å². The third-order valence-electron chi connectivity index (χ3n) is 3.22. The lowest BCUT2D eigenvalue weighted by Crippen LogP contribution is -2.44. The number of likely N-dealkylation sites (N-methyl/N-ethyl adjacent to an activating group) is 1. The molecule has 0 spiro atoms. The van der Waals surface area contributed by atoms with Crippen molar-refractivity contribution in [2.45, 2.75) is 33.2 Å². The highest BCUT2D eigenvalue weighted by molar-refractivity contribution is 5.76. The second kappa shape index (κ2) is 3.41. The van der Waals surface area contributed by atoms with Crippen LogP contribution in [0.2, 0.25) is 0 Å². The van der Waals surface area contributed by atoms with Crippen LogP contribution in [-0.4, -0.2) is 12.1 Å². The van der Waals surface area contributed by atoms with Crippen LogP contribution < -0.4 is 4.90 Å². The standard InChI is InChI=1S/C14H19N/c1-5-15-13-11(2)7-6-8-12(13)9-10-14(15,3)4/h6-10H,5H2,1-4H3. The molecule has 15 heavy (non-hydrogen) atoms. The van der Waals surface area contributed by atoms with E-state index in [1.54, 1.807) is 0 Å². The minimum Gasteiger partial charge on any atom is -0.363 e. The van der Waals surface area contributed by atoms with E-state index in [9.17, 15) is 0 Å². The van der Waals surface area contributed by atoms with Crippen molar-refractivity contribution in [1.82, 2.24) is 0 Å². The number of fused-ring (bicyclic) bond motifs is 1. The Balaban J connectivity index is 2.61. The zero-order valence-electron chi connectivity index (χ0n) is 10.0. The highest BCUT2D eigenvalue weighted by Crippen LogP contribution is 2.36. The molecule has 1 nitrogen and oxygen atoms in total. The predicted octanol–water partition coefficient (Wildman–Crippen LogP) is 3.63. The summed E-state index contributed by atoms with van der Waals surface area (Å²) in [6.45, 7) is 9.99. The first-order valence-electron chi connectivity index (χ1n) is 5.63. The van der Waals surface area contributed by atoms with Crippen LogP contribution in [0.15, 0.2) is 24.3 Å². The van der Waals surface area contributed by atoms with Gasteiger partial charge in [-0.1, -0.05) is 30.4 Å². The molecule has 1 aliphatic heterocycles. The number of hydrogen-bond donors (Lipinski definition) is 0. The van der Waals surface area contributed by atoms with Crippen LogP contribution in [-0.2, 0) is 0 Å². The molecule has 0 amide bonds. The predicted molar refractivity (Wildman–Crippen MR) is 67.3 cm³/mol. The van der Waals surface area contributed by atoms with Crippen LogP contribution in [0.25, 0.3) is 6.08 Å². The van der Waals surface area contributed by atoms with Gasteiger partial charge in [-0.15, -0.1) is 0 Å². The maximum atomic E-state index is 2.47. The van der Waals surface area contributed by atoms with E-state index in [0.29, 0.717) is 0 Å². The van der Waals surface area contributed by atoms with Gasteiger partial charge in [-0.25, -0.2) is 0 Å². The Morgan fingerprint density at radius 2 is 2.00 bits per heavy atom. The van der Waals surface area contributed by atoms with E-state index in [1.807, 2.05) is 0 Å². The average Bonchev–Trinajstić information content (AvgIpc) is 2.18. The molecule has 1 heterocycles. The molecule has 0 radical (unpaired) electrons. The lowest BCUT2D eigenvalue weighted by atomic mass is 9.92. The Hall–Kier alpha value is -1.24. The summed E-state index contributed by atoms with van der Waals surface area (Å²) in [5.41, 5.74) is 4.24. The van der Waals surface area contributed by atoms with Gasteiger partial charge in [0.05, 0.1) is 5.54 Å². The largest absolute Gasteiger partial charge is 0.363 e. The zero-order chi connectivity index (χ0) is 11.1. The van der Waals surface area contributed by atoms with Crippen molar-refractivity contribution in [1.29, 1.82) is 0 Å². The second-order valence-corrected chi connectivity index (χ2v) is 4.74. The summed E-state index contributed by atoms with van der Waals surface area (Å²) >= 11 is 0. The molecule has 0 aromatic heterocycles. The van der Waals surface area contributed by atoms with Gasteiger partial charge in [0.1, 0.15) is 0 Å². The number of para-hydroxylation sites is 1. The summed E-state index contributed by atoms with van der Waals surface area (Å²) in [5, 5.41) is 0. The van der Waals surface area contributed by atoms with Crippen LogP contribution in [0.4, 0.5) is 5.69 Å². The van der Waals surface area contributed by atoms with Crippen molar-refractivity contribution in [2.24, 2.45) is 0 Å². The third-order valence-corrected chi connectivity index (χ3v) is 3.22. The number of rotatable bonds is 1. The molecule has 1 aromatic rings. The Morgan fingerprint density at radius 3 is 2.67 bits per heavy atom. The van der Waals surface area contributed by atoms with Gasteiger partial charge in [0.2, 0.25) is 0 Å². The Bertz CT molecular complexity index is 402. The highest BCUT2D eigenvalue weighted by atomic mass is 15.2. The first-order chi connectivity index (χ1) is 7.06. The molecule has 0 atom stereocenters. The lowest BCUT2D eigenvalue weighted by Gasteiger charge is -2.42. The molecule has 0 saturated heterocycles. The van der Waals surface area contributed by atoms with E-state index in [0.717, 1.165) is 6.54 Å². The molecule has 0 unspecified atom stereocenters. The van der Waals surface area contributed by atoms with Gasteiger partial charge in [0.15, 0.2) is 0 Å². The molecular formula is C14H19N. The number of benzene rings is 1. The Labute approximate surface area is 92.4 Å². The summed E-state index contributed by atoms with van der Waals surface area (Å²) in [4.78, 5) is 2.47. The minimum atomic E-state index is 0.133. The van der Waals surface area contributed by atoms with Gasteiger partial charge in [-0.3, -0.25) is 0 Å². The zero-order valence-corrected chi connectivity index (χ0v) is 10.0. The van der Waals surface area contributed by atoms with Crippen LogP contribution in [0.5, 0.6) is 0 Å². The topological polar surface area (TPSA) is 3.24 Å². The quantitative estimate of drug-likeness (QED) is 0.670. The molecule has 0 aliphatic carbocycles. The molecule has 80 valence electrons. The molecular weight excluding hydrogens is 182 g/mol. The number of anilines is 1. The maximum Gasteiger partial charge on any atom is 0.0531 e. The molecule has 0 bridgehead atoms. The fourth-order valence-electron chi connectivity index (χ4n) is 2.42. The lowest BCUT2D eigenvalue weighted by molar-refractivity contribution is 0.567. The number of hydrogen-bond acceptors (Lipinski definition) is 1. The number of aryl methyl sites for hydroxylation is 1. The summed E-state index contributed by atoms with van der Waals surface area (Å²) in [6.07, 6.45) is 4.53. The van der Waals surface area contributed by atoms with Gasteiger partial charge in [0, 0.05) is 12.2 Å². The third kappa shape index (κ3) is 1.56. The van der Waals surface area contributed by atoms with Crippen molar-refractivity contribution in [3.63, 3.8) is 0 Å². The molecule has 1 heteroatoms. The smallest absolute Gasteiger partial charge is 0.0531 e. The van der Waals surface area contributed by atoms with Gasteiger partial charge in [0.25, 0.3) is 0 Å². The van der Waals surface area contributed by atoms with Crippen molar-refractivity contribution in [2.75, 3.05) is 11.4 Å². The van der Waals surface area contributed by atoms with E-state index in [2.05, 4.69) is 62.9 Å². The Morgan fingerprint density at radius 1 is 1.27 bits per heavy atom. The summed E-state index contributed by atoms with van der Waals surface area (Å²) in [5.74, 6) is 0. The van der Waals surface area contributed by atoms with Crippen LogP contribution in [0, 0.1) is 6.92 Å². The van der Waals surface area contributed by atoms with Gasteiger partial charge in [-0.05, 0) is 38.8 Å². The normalized spacial score (nSPS) is 17.7. The molecule has 0 N–H and O–H groups in total. The van der Waals surface area contributed by atoms with E-state index >= 15 is 0 Å². The molecule has 0 fully saturated rings. The molecule has 1 aliphatic rings. The summed E-state index contributed by atoms with van der Waals surface area (Å²) in [7, 11) is 0. The van der Waals surface area contributed by atoms with Gasteiger partial charge < -0.3 is 4.90 Å². The highest BCUT2D eigenvalue weighted by Gasteiger charge is 2.28. The molecule has 0 saturated carbocycles. The van der Waals surface area contributed by atoms with E-state index < -0.39 is 0 Å². The minimum absolute atomic E-state index is 0.133. The molecule has 2 rings (SSSR count). The van der Waals surface area contributed by atoms with Crippen LogP contribution >= 0.6 is 0 Å².